The molecule has 13 heteroatoms. The number of aryl methyl sites for hydroxylation is 1. The summed E-state index contributed by atoms with van der Waals surface area (Å²) in [5.41, 5.74) is 6.03. The second kappa shape index (κ2) is 13.4. The lowest BCUT2D eigenvalue weighted by molar-refractivity contribution is -0.384. The van der Waals surface area contributed by atoms with Crippen LogP contribution < -0.4 is 20.7 Å². The summed E-state index contributed by atoms with van der Waals surface area (Å²) in [6.07, 6.45) is 9.40. The highest BCUT2D eigenvalue weighted by molar-refractivity contribution is 6.06. The van der Waals surface area contributed by atoms with Gasteiger partial charge < -0.3 is 24.1 Å². The Hall–Kier alpha value is -5.04. The van der Waals surface area contributed by atoms with E-state index in [4.69, 9.17) is 9.72 Å². The minimum Gasteiger partial charge on any atom is -0.381 e. The molecule has 0 bridgehead atoms. The summed E-state index contributed by atoms with van der Waals surface area (Å²) in [5, 5.41) is 15.5. The van der Waals surface area contributed by atoms with Crippen molar-refractivity contribution in [3.63, 3.8) is 0 Å². The van der Waals surface area contributed by atoms with Gasteiger partial charge in [-0.15, -0.1) is 0 Å². The Morgan fingerprint density at radius 3 is 2.57 bits per heavy atom. The molecule has 1 unspecified atom stereocenters. The normalized spacial score (nSPS) is 21.4. The number of ether oxygens (including phenoxy) is 1. The van der Waals surface area contributed by atoms with E-state index in [1.165, 1.54) is 21.9 Å². The molecule has 4 aromatic rings. The molecule has 3 aliphatic heterocycles. The van der Waals surface area contributed by atoms with E-state index in [9.17, 15) is 19.7 Å². The number of fused-ring (bicyclic) bond motifs is 3. The number of anilines is 4. The van der Waals surface area contributed by atoms with E-state index in [-0.39, 0.29) is 39.4 Å². The van der Waals surface area contributed by atoms with Crippen LogP contribution in [0, 0.1) is 34.3 Å². The van der Waals surface area contributed by atoms with Crippen molar-refractivity contribution < 1.29 is 14.5 Å². The van der Waals surface area contributed by atoms with E-state index in [0.717, 1.165) is 69.4 Å². The third-order valence-corrected chi connectivity index (χ3v) is 12.0. The summed E-state index contributed by atoms with van der Waals surface area (Å²) in [5.74, 6) is 1.77. The number of carbonyl (C=O) groups is 1. The van der Waals surface area contributed by atoms with Gasteiger partial charge in [0, 0.05) is 86.9 Å². The van der Waals surface area contributed by atoms with Crippen LogP contribution in [-0.4, -0.2) is 62.3 Å². The Morgan fingerprint density at radius 2 is 1.81 bits per heavy atom. The molecule has 1 N–H and O–H groups in total. The van der Waals surface area contributed by atoms with Crippen LogP contribution in [0.25, 0.3) is 11.3 Å². The molecule has 1 aromatic carbocycles. The second-order valence-electron chi connectivity index (χ2n) is 16.2. The maximum absolute atomic E-state index is 13.9. The fourth-order valence-corrected chi connectivity index (χ4v) is 9.31. The molecular formula is C40H48N8O5. The Kier molecular flexibility index (Phi) is 8.87. The molecule has 4 aliphatic rings. The molecule has 1 amide bonds. The maximum atomic E-state index is 13.9. The average molecular weight is 721 g/mol. The van der Waals surface area contributed by atoms with Crippen molar-refractivity contribution in [1.29, 1.82) is 0 Å². The van der Waals surface area contributed by atoms with Gasteiger partial charge in [0.25, 0.3) is 17.2 Å². The SMILES string of the molecule is Cc1c(-c2cn(C)c(=O)c(Nc3ccc(N4CCC(C5CCOCC5)C[C@@H]4C)c([N+](=O)[O-])c3)n2)ccnc1N1CCn2c(cc3c2CC(C)(C)C3)C1=O. The topological polar surface area (TPSA) is 141 Å². The van der Waals surface area contributed by atoms with Crippen molar-refractivity contribution in [2.45, 2.75) is 78.8 Å². The zero-order valence-electron chi connectivity index (χ0n) is 31.2. The largest absolute Gasteiger partial charge is 0.381 e. The average Bonchev–Trinajstić information content (AvgIpc) is 3.63. The standard InChI is InChI=1S/C40H48N8O5/c1-24-18-27(26-10-16-53-17-11-26)9-13-45(24)32-7-6-29(20-33(32)48(51)52)42-36-39(50)44(5)23-31(43-36)30-8-12-41-37(25(30)2)47-15-14-46-34(38(47)49)19-28-21-40(3,4)22-35(28)46/h6-8,12,19-20,23-24,26-27H,9-11,13-18,21-22H2,1-5H3,(H,42,43)/t24-,27?/m0/s1. The van der Waals surface area contributed by atoms with Crippen molar-refractivity contribution in [2.24, 2.45) is 24.3 Å². The first-order chi connectivity index (χ1) is 25.4. The Labute approximate surface area is 309 Å². The fourth-order valence-electron chi connectivity index (χ4n) is 9.31. The number of nitrogens with zero attached hydrogens (tertiary/aromatic N) is 7. The van der Waals surface area contributed by atoms with Gasteiger partial charge in [-0.25, -0.2) is 9.97 Å². The van der Waals surface area contributed by atoms with Gasteiger partial charge in [0.1, 0.15) is 17.2 Å². The van der Waals surface area contributed by atoms with Crippen LogP contribution in [0.4, 0.5) is 28.7 Å². The van der Waals surface area contributed by atoms with Gasteiger partial charge in [0.2, 0.25) is 0 Å². The summed E-state index contributed by atoms with van der Waals surface area (Å²) in [4.78, 5) is 52.6. The molecule has 0 spiro atoms. The van der Waals surface area contributed by atoms with Crippen LogP contribution in [-0.2, 0) is 31.2 Å². The van der Waals surface area contributed by atoms with Gasteiger partial charge in [0.05, 0.1) is 10.6 Å². The highest BCUT2D eigenvalue weighted by atomic mass is 16.6. The predicted octanol–water partition coefficient (Wildman–Crippen LogP) is 6.42. The number of amides is 1. The molecule has 2 saturated heterocycles. The molecular weight excluding hydrogens is 672 g/mol. The summed E-state index contributed by atoms with van der Waals surface area (Å²) in [6, 6.07) is 9.09. The number of nitro benzene ring substituents is 1. The van der Waals surface area contributed by atoms with Crippen LogP contribution >= 0.6 is 0 Å². The Morgan fingerprint density at radius 1 is 1.02 bits per heavy atom. The molecule has 3 aromatic heterocycles. The van der Waals surface area contributed by atoms with Gasteiger partial charge in [-0.3, -0.25) is 24.6 Å². The summed E-state index contributed by atoms with van der Waals surface area (Å²) < 4.78 is 9.20. The zero-order chi connectivity index (χ0) is 37.2. The second-order valence-corrected chi connectivity index (χ2v) is 16.2. The number of carbonyl (C=O) groups excluding carboxylic acids is 1. The van der Waals surface area contributed by atoms with Crippen molar-refractivity contribution in [2.75, 3.05) is 41.4 Å². The van der Waals surface area contributed by atoms with Crippen molar-refractivity contribution >= 4 is 34.6 Å². The minimum atomic E-state index is -0.376. The van der Waals surface area contributed by atoms with E-state index in [2.05, 4.69) is 46.6 Å². The lowest BCUT2D eigenvalue weighted by Gasteiger charge is -2.42. The van der Waals surface area contributed by atoms with Crippen LogP contribution in [0.1, 0.15) is 73.8 Å². The number of benzene rings is 1. The van der Waals surface area contributed by atoms with Gasteiger partial charge >= 0.3 is 0 Å². The van der Waals surface area contributed by atoms with Crippen LogP contribution in [0.3, 0.4) is 0 Å². The molecule has 1 aliphatic carbocycles. The van der Waals surface area contributed by atoms with Crippen molar-refractivity contribution in [3.8, 4) is 11.3 Å². The van der Waals surface area contributed by atoms with Gasteiger partial charge in [-0.05, 0) is 99.5 Å². The van der Waals surface area contributed by atoms with E-state index < -0.39 is 0 Å². The Bertz CT molecular complexity index is 2170. The maximum Gasteiger partial charge on any atom is 0.294 e. The van der Waals surface area contributed by atoms with Gasteiger partial charge in [0.15, 0.2) is 5.82 Å². The third-order valence-electron chi connectivity index (χ3n) is 12.0. The number of nitrogens with one attached hydrogen (secondary N) is 1. The lowest BCUT2D eigenvalue weighted by atomic mass is 9.77. The van der Waals surface area contributed by atoms with Gasteiger partial charge in [-0.1, -0.05) is 13.8 Å². The quantitative estimate of drug-likeness (QED) is 0.169. The fraction of sp³-hybridized carbons (Fsp3) is 0.500. The molecule has 0 saturated carbocycles. The monoisotopic (exact) mass is 720 g/mol. The lowest BCUT2D eigenvalue weighted by Crippen LogP contribution is -2.43. The van der Waals surface area contributed by atoms with E-state index in [1.807, 2.05) is 13.0 Å². The number of rotatable bonds is 7. The summed E-state index contributed by atoms with van der Waals surface area (Å²) in [7, 11) is 1.65. The minimum absolute atomic E-state index is 0.0137. The molecule has 2 fully saturated rings. The molecule has 0 radical (unpaired) electrons. The van der Waals surface area contributed by atoms with Crippen molar-refractivity contribution in [1.82, 2.24) is 19.1 Å². The van der Waals surface area contributed by atoms with Crippen LogP contribution in [0.2, 0.25) is 0 Å². The Balaban J connectivity index is 1.04. The molecule has 8 rings (SSSR count). The van der Waals surface area contributed by atoms with Crippen LogP contribution in [0.15, 0.2) is 47.5 Å². The zero-order valence-corrected chi connectivity index (χ0v) is 31.2. The summed E-state index contributed by atoms with van der Waals surface area (Å²) in [6.45, 7) is 12.2. The van der Waals surface area contributed by atoms with Gasteiger partial charge in [-0.2, -0.15) is 0 Å². The number of hydrogen-bond acceptors (Lipinski definition) is 9. The molecule has 53 heavy (non-hydrogen) atoms. The third kappa shape index (κ3) is 6.38. The number of nitro groups is 1. The summed E-state index contributed by atoms with van der Waals surface area (Å²) >= 11 is 0. The van der Waals surface area contributed by atoms with E-state index in [1.54, 1.807) is 36.5 Å². The number of hydrogen-bond donors (Lipinski definition) is 1. The number of pyridine rings is 1. The number of aromatic nitrogens is 4. The smallest absolute Gasteiger partial charge is 0.294 e. The first-order valence-electron chi connectivity index (χ1n) is 18.8. The highest BCUT2D eigenvalue weighted by Crippen LogP contribution is 2.42. The molecule has 6 heterocycles. The van der Waals surface area contributed by atoms with Crippen molar-refractivity contribution in [3.05, 3.63) is 85.7 Å². The first kappa shape index (κ1) is 35.0. The molecule has 13 nitrogen and oxygen atoms in total. The van der Waals surface area contributed by atoms with E-state index >= 15 is 0 Å². The van der Waals surface area contributed by atoms with Crippen LogP contribution in [0.5, 0.6) is 0 Å². The molecule has 2 atom stereocenters. The number of piperidine rings is 1. The first-order valence-corrected chi connectivity index (χ1v) is 18.8. The van der Waals surface area contributed by atoms with E-state index in [0.29, 0.717) is 53.5 Å². The predicted molar refractivity (Wildman–Crippen MR) is 204 cm³/mol. The molecule has 278 valence electrons. The highest BCUT2D eigenvalue weighted by Gasteiger charge is 2.38.